The maximum Gasteiger partial charge on any atom is 0.126 e. The number of hydrogen-bond acceptors (Lipinski definition) is 5. The van der Waals surface area contributed by atoms with Crippen molar-refractivity contribution < 1.29 is 4.74 Å². The van der Waals surface area contributed by atoms with E-state index in [4.69, 9.17) is 9.72 Å². The number of ether oxygens (including phenoxy) is 1. The molecule has 3 heterocycles. The number of fused-ring (bicyclic) bond motifs is 1. The highest BCUT2D eigenvalue weighted by Gasteiger charge is 2.27. The Bertz CT molecular complexity index is 748. The van der Waals surface area contributed by atoms with Gasteiger partial charge in [0.2, 0.25) is 0 Å². The Morgan fingerprint density at radius 1 is 1.00 bits per heavy atom. The van der Waals surface area contributed by atoms with Crippen LogP contribution in [-0.2, 0) is 19.6 Å². The molecule has 146 valence electrons. The molecular weight excluding hydrogens is 338 g/mol. The number of piperazine rings is 1. The second-order valence-corrected chi connectivity index (χ2v) is 7.83. The van der Waals surface area contributed by atoms with Crippen LogP contribution in [0.2, 0.25) is 0 Å². The van der Waals surface area contributed by atoms with Gasteiger partial charge in [-0.25, -0.2) is 4.98 Å². The predicted octanol–water partition coefficient (Wildman–Crippen LogP) is 2.22. The minimum Gasteiger partial charge on any atom is -0.497 e. The monoisotopic (exact) mass is 369 g/mol. The number of benzene rings is 1. The average Bonchev–Trinajstić information content (AvgIpc) is 3.10. The number of rotatable bonds is 5. The summed E-state index contributed by atoms with van der Waals surface area (Å²) < 4.78 is 7.72. The third-order valence-corrected chi connectivity index (χ3v) is 6.03. The van der Waals surface area contributed by atoms with Crippen LogP contribution in [0.15, 0.2) is 30.5 Å². The van der Waals surface area contributed by atoms with Crippen LogP contribution in [0.5, 0.6) is 5.75 Å². The van der Waals surface area contributed by atoms with E-state index in [1.165, 1.54) is 17.1 Å². The van der Waals surface area contributed by atoms with E-state index in [2.05, 4.69) is 51.6 Å². The van der Waals surface area contributed by atoms with Crippen molar-refractivity contribution in [2.45, 2.75) is 32.6 Å². The van der Waals surface area contributed by atoms with Gasteiger partial charge in [-0.15, -0.1) is 0 Å². The molecule has 0 spiro atoms. The Balaban J connectivity index is 1.42. The van der Waals surface area contributed by atoms with Crippen molar-refractivity contribution in [3.8, 4) is 5.75 Å². The highest BCUT2D eigenvalue weighted by Crippen LogP contribution is 2.27. The minimum absolute atomic E-state index is 0.335. The van der Waals surface area contributed by atoms with Crippen molar-refractivity contribution in [2.75, 3.05) is 46.9 Å². The smallest absolute Gasteiger partial charge is 0.126 e. The maximum absolute atomic E-state index is 5.26. The molecule has 6 nitrogen and oxygen atoms in total. The van der Waals surface area contributed by atoms with Gasteiger partial charge in [0.1, 0.15) is 11.6 Å². The first-order valence-corrected chi connectivity index (χ1v) is 9.96. The molecule has 2 aliphatic rings. The zero-order chi connectivity index (χ0) is 18.8. The van der Waals surface area contributed by atoms with Gasteiger partial charge in [0, 0.05) is 58.6 Å². The van der Waals surface area contributed by atoms with Gasteiger partial charge in [-0.1, -0.05) is 12.1 Å². The first-order chi connectivity index (χ1) is 13.1. The van der Waals surface area contributed by atoms with Gasteiger partial charge in [-0.05, 0) is 31.7 Å². The topological polar surface area (TPSA) is 36.8 Å². The highest BCUT2D eigenvalue weighted by molar-refractivity contribution is 5.27. The van der Waals surface area contributed by atoms with Crippen molar-refractivity contribution in [1.82, 2.24) is 24.3 Å². The Hall–Kier alpha value is -1.89. The van der Waals surface area contributed by atoms with Gasteiger partial charge < -0.3 is 14.2 Å². The standard InChI is InChI=1S/C21H31N5O/c1-17-21-22-14-19(16-24-10-8-23(2)9-11-24)26(21)13-12-25(17)15-18-4-6-20(27-3)7-5-18/h4-7,14,17H,8-13,15-16H2,1-3H3. The molecule has 0 amide bonds. The molecule has 4 rings (SSSR count). The average molecular weight is 370 g/mol. The molecule has 0 saturated carbocycles. The van der Waals surface area contributed by atoms with E-state index < -0.39 is 0 Å². The molecule has 1 unspecified atom stereocenters. The quantitative estimate of drug-likeness (QED) is 0.808. The van der Waals surface area contributed by atoms with Crippen LogP contribution in [0.3, 0.4) is 0 Å². The minimum atomic E-state index is 0.335. The van der Waals surface area contributed by atoms with Crippen molar-refractivity contribution in [3.63, 3.8) is 0 Å². The molecule has 1 aromatic heterocycles. The summed E-state index contributed by atoms with van der Waals surface area (Å²) in [6.07, 6.45) is 2.10. The van der Waals surface area contributed by atoms with Gasteiger partial charge in [0.25, 0.3) is 0 Å². The summed E-state index contributed by atoms with van der Waals surface area (Å²) in [4.78, 5) is 12.3. The number of nitrogens with zero attached hydrogens (tertiary/aromatic N) is 5. The van der Waals surface area contributed by atoms with E-state index in [-0.39, 0.29) is 0 Å². The summed E-state index contributed by atoms with van der Waals surface area (Å²) >= 11 is 0. The Morgan fingerprint density at radius 2 is 1.74 bits per heavy atom. The molecule has 1 saturated heterocycles. The third-order valence-electron chi connectivity index (χ3n) is 6.03. The lowest BCUT2D eigenvalue weighted by Crippen LogP contribution is -2.44. The van der Waals surface area contributed by atoms with E-state index >= 15 is 0 Å². The number of likely N-dealkylation sites (N-methyl/N-ethyl adjacent to an activating group) is 1. The first kappa shape index (κ1) is 18.5. The fourth-order valence-electron chi connectivity index (χ4n) is 4.15. The molecule has 27 heavy (non-hydrogen) atoms. The number of methoxy groups -OCH3 is 1. The van der Waals surface area contributed by atoms with Crippen molar-refractivity contribution in [2.24, 2.45) is 0 Å². The van der Waals surface area contributed by atoms with Gasteiger partial charge in [-0.3, -0.25) is 9.80 Å². The summed E-state index contributed by atoms with van der Waals surface area (Å²) in [7, 11) is 3.92. The molecule has 2 aliphatic heterocycles. The molecular formula is C21H31N5O. The van der Waals surface area contributed by atoms with Crippen LogP contribution >= 0.6 is 0 Å². The van der Waals surface area contributed by atoms with Crippen LogP contribution in [0, 0.1) is 0 Å². The van der Waals surface area contributed by atoms with Crippen LogP contribution < -0.4 is 4.74 Å². The summed E-state index contributed by atoms with van der Waals surface area (Å²) in [6.45, 7) is 11.0. The molecule has 0 bridgehead atoms. The number of imidazole rings is 1. The van der Waals surface area contributed by atoms with Crippen LogP contribution in [0.4, 0.5) is 0 Å². The molecule has 2 aromatic rings. The SMILES string of the molecule is COc1ccc(CN2CCn3c(CN4CCN(C)CC4)cnc3C2C)cc1. The summed E-state index contributed by atoms with van der Waals surface area (Å²) in [6, 6.07) is 8.73. The molecule has 1 fully saturated rings. The van der Waals surface area contributed by atoms with Gasteiger partial charge in [0.15, 0.2) is 0 Å². The van der Waals surface area contributed by atoms with Crippen molar-refractivity contribution in [3.05, 3.63) is 47.5 Å². The largest absolute Gasteiger partial charge is 0.497 e. The molecule has 1 aromatic carbocycles. The van der Waals surface area contributed by atoms with Crippen LogP contribution in [0.25, 0.3) is 0 Å². The summed E-state index contributed by atoms with van der Waals surface area (Å²) in [5, 5.41) is 0. The van der Waals surface area contributed by atoms with E-state index in [0.717, 1.165) is 58.1 Å². The number of aromatic nitrogens is 2. The second-order valence-electron chi connectivity index (χ2n) is 7.83. The molecule has 1 atom stereocenters. The fourth-order valence-corrected chi connectivity index (χ4v) is 4.15. The molecule has 0 aliphatic carbocycles. The maximum atomic E-state index is 5.26. The second kappa shape index (κ2) is 8.00. The molecule has 0 N–H and O–H groups in total. The van der Waals surface area contributed by atoms with Gasteiger partial charge in [-0.2, -0.15) is 0 Å². The van der Waals surface area contributed by atoms with Crippen molar-refractivity contribution in [1.29, 1.82) is 0 Å². The van der Waals surface area contributed by atoms with Crippen LogP contribution in [0.1, 0.15) is 30.0 Å². The lowest BCUT2D eigenvalue weighted by molar-refractivity contribution is 0.136. The fraction of sp³-hybridized carbons (Fsp3) is 0.571. The van der Waals surface area contributed by atoms with Crippen LogP contribution in [-0.4, -0.2) is 71.1 Å². The highest BCUT2D eigenvalue weighted by atomic mass is 16.5. The van der Waals surface area contributed by atoms with E-state index in [0.29, 0.717) is 6.04 Å². The van der Waals surface area contributed by atoms with Gasteiger partial charge in [0.05, 0.1) is 18.8 Å². The summed E-state index contributed by atoms with van der Waals surface area (Å²) in [5.74, 6) is 2.12. The molecule has 0 radical (unpaired) electrons. The third kappa shape index (κ3) is 4.03. The zero-order valence-corrected chi connectivity index (χ0v) is 16.8. The molecule has 6 heteroatoms. The van der Waals surface area contributed by atoms with E-state index in [1.54, 1.807) is 7.11 Å². The lowest BCUT2D eigenvalue weighted by atomic mass is 10.1. The normalized spacial score (nSPS) is 22.0. The summed E-state index contributed by atoms with van der Waals surface area (Å²) in [5.41, 5.74) is 2.69. The zero-order valence-electron chi connectivity index (χ0n) is 16.8. The first-order valence-electron chi connectivity index (χ1n) is 9.96. The Kier molecular flexibility index (Phi) is 5.48. The number of hydrogen-bond donors (Lipinski definition) is 0. The predicted molar refractivity (Wildman–Crippen MR) is 107 cm³/mol. The van der Waals surface area contributed by atoms with E-state index in [1.807, 2.05) is 12.1 Å². The van der Waals surface area contributed by atoms with E-state index in [9.17, 15) is 0 Å². The van der Waals surface area contributed by atoms with Gasteiger partial charge >= 0.3 is 0 Å². The van der Waals surface area contributed by atoms with Crippen molar-refractivity contribution >= 4 is 0 Å². The lowest BCUT2D eigenvalue weighted by Gasteiger charge is -2.36. The Morgan fingerprint density at radius 3 is 2.44 bits per heavy atom. The Labute approximate surface area is 162 Å².